The maximum Gasteiger partial charge on any atom is 0.238 e. The van der Waals surface area contributed by atoms with Crippen molar-refractivity contribution in [1.29, 1.82) is 0 Å². The zero-order valence-corrected chi connectivity index (χ0v) is 5.84. The molecule has 0 aromatic carbocycles. The molecule has 0 radical (unpaired) electrons. The Hall–Kier alpha value is -0.940. The van der Waals surface area contributed by atoms with Crippen LogP contribution in [0.1, 0.15) is 0 Å². The Morgan fingerprint density at radius 1 is 1.60 bits per heavy atom. The molecule has 1 aliphatic heterocycles. The van der Waals surface area contributed by atoms with E-state index >= 15 is 0 Å². The normalized spacial score (nSPS) is 23.5. The number of Topliss-reactive ketones (excluding diaryl/α,β-unsaturated/α-hetero) is 1. The van der Waals surface area contributed by atoms with Crippen LogP contribution in [0.3, 0.4) is 0 Å². The van der Waals surface area contributed by atoms with Crippen molar-refractivity contribution < 1.29 is 4.79 Å². The second-order valence-electron chi connectivity index (χ2n) is 1.57. The summed E-state index contributed by atoms with van der Waals surface area (Å²) in [5.41, 5.74) is 10.3. The highest BCUT2D eigenvalue weighted by Gasteiger charge is 2.10. The summed E-state index contributed by atoms with van der Waals surface area (Å²) in [5.74, 6) is -0.450. The molecule has 0 amide bonds. The lowest BCUT2D eigenvalue weighted by Gasteiger charge is -2.04. The summed E-state index contributed by atoms with van der Waals surface area (Å²) in [6.07, 6.45) is 0.384. The number of carbonyl (C=O) groups is 1. The van der Waals surface area contributed by atoms with Crippen LogP contribution in [0.2, 0.25) is 0 Å². The molecule has 1 unspecified atom stereocenters. The molecule has 0 saturated carbocycles. The van der Waals surface area contributed by atoms with E-state index in [0.29, 0.717) is 0 Å². The van der Waals surface area contributed by atoms with Crippen LogP contribution in [-0.2, 0) is 4.79 Å². The molecule has 0 bridgehead atoms. The second kappa shape index (κ2) is 3.28. The van der Waals surface area contributed by atoms with Crippen molar-refractivity contribution in [1.82, 2.24) is 0 Å². The number of rotatable bonds is 0. The second-order valence-corrected chi connectivity index (χ2v) is 1.57. The number of halogens is 1. The van der Waals surface area contributed by atoms with E-state index in [1.54, 1.807) is 0 Å². The van der Waals surface area contributed by atoms with E-state index in [0.717, 1.165) is 6.21 Å². The average Bonchev–Trinajstić information content (AvgIpc) is 1.80. The quantitative estimate of drug-likeness (QED) is 0.462. The minimum Gasteiger partial charge on any atom is -0.381 e. The molecule has 10 heavy (non-hydrogen) atoms. The number of hydrogen-bond donors (Lipinski definition) is 2. The van der Waals surface area contributed by atoms with Crippen LogP contribution in [0.5, 0.6) is 0 Å². The summed E-state index contributed by atoms with van der Waals surface area (Å²) in [4.78, 5) is 17.5. The first-order valence-electron chi connectivity index (χ1n) is 2.36. The van der Waals surface area contributed by atoms with Gasteiger partial charge in [0.25, 0.3) is 0 Å². The monoisotopic (exact) mass is 162 g/mol. The van der Waals surface area contributed by atoms with Gasteiger partial charge in [-0.2, -0.15) is 0 Å². The number of hydrogen-bond acceptors (Lipinski definition) is 5. The largest absolute Gasteiger partial charge is 0.381 e. The summed E-state index contributed by atoms with van der Waals surface area (Å²) in [6, 6.07) is 0. The zero-order valence-electron chi connectivity index (χ0n) is 5.02. The molecule has 0 fully saturated rings. The van der Waals surface area contributed by atoms with Crippen molar-refractivity contribution in [3.05, 3.63) is 0 Å². The summed E-state index contributed by atoms with van der Waals surface area (Å²) >= 11 is 0. The number of carbonyl (C=O) groups excluding carboxylic acids is 1. The molecular weight excluding hydrogens is 156 g/mol. The number of amidine groups is 1. The van der Waals surface area contributed by atoms with Crippen molar-refractivity contribution in [2.75, 3.05) is 0 Å². The molecule has 0 spiro atoms. The molecule has 1 atom stereocenters. The molecule has 1 rings (SSSR count). The Kier molecular flexibility index (Phi) is 2.98. The van der Waals surface area contributed by atoms with Gasteiger partial charge in [0.1, 0.15) is 0 Å². The fourth-order valence-corrected chi connectivity index (χ4v) is 0.450. The zero-order chi connectivity index (χ0) is 6.85. The lowest BCUT2D eigenvalue weighted by Crippen LogP contribution is -2.33. The van der Waals surface area contributed by atoms with Gasteiger partial charge >= 0.3 is 0 Å². The van der Waals surface area contributed by atoms with E-state index in [9.17, 15) is 4.79 Å². The van der Waals surface area contributed by atoms with Crippen LogP contribution in [0.15, 0.2) is 9.98 Å². The van der Waals surface area contributed by atoms with Gasteiger partial charge in [-0.15, -0.1) is 12.4 Å². The fourth-order valence-electron chi connectivity index (χ4n) is 0.450. The topological polar surface area (TPSA) is 93.8 Å². The van der Waals surface area contributed by atoms with Crippen molar-refractivity contribution in [2.45, 2.75) is 6.29 Å². The van der Waals surface area contributed by atoms with Gasteiger partial charge < -0.3 is 5.73 Å². The molecule has 1 heterocycles. The van der Waals surface area contributed by atoms with Gasteiger partial charge in [-0.25, -0.2) is 9.98 Å². The third kappa shape index (κ3) is 1.78. The van der Waals surface area contributed by atoms with Crippen LogP contribution in [0.4, 0.5) is 0 Å². The summed E-state index contributed by atoms with van der Waals surface area (Å²) in [6.45, 7) is 0. The molecule has 5 nitrogen and oxygen atoms in total. The molecule has 0 aromatic heterocycles. The van der Waals surface area contributed by atoms with Gasteiger partial charge in [0.2, 0.25) is 5.78 Å². The van der Waals surface area contributed by atoms with E-state index in [1.807, 2.05) is 0 Å². The SMILES string of the molecule is Cl.NC1=NC(N)N=CC1=O. The van der Waals surface area contributed by atoms with Crippen LogP contribution in [-0.4, -0.2) is 24.1 Å². The van der Waals surface area contributed by atoms with E-state index in [2.05, 4.69) is 9.98 Å². The van der Waals surface area contributed by atoms with Crippen molar-refractivity contribution in [2.24, 2.45) is 21.5 Å². The van der Waals surface area contributed by atoms with Gasteiger partial charge in [-0.3, -0.25) is 10.5 Å². The molecule has 0 aliphatic carbocycles. The van der Waals surface area contributed by atoms with Crippen molar-refractivity contribution in [3.8, 4) is 0 Å². The maximum atomic E-state index is 10.5. The van der Waals surface area contributed by atoms with Gasteiger partial charge in [-0.05, 0) is 0 Å². The highest BCUT2D eigenvalue weighted by Crippen LogP contribution is 1.88. The predicted molar refractivity (Wildman–Crippen MR) is 40.3 cm³/mol. The maximum absolute atomic E-state index is 10.5. The van der Waals surface area contributed by atoms with E-state index in [1.165, 1.54) is 0 Å². The highest BCUT2D eigenvalue weighted by molar-refractivity contribution is 6.60. The Morgan fingerprint density at radius 2 is 2.20 bits per heavy atom. The van der Waals surface area contributed by atoms with Crippen LogP contribution in [0.25, 0.3) is 0 Å². The molecule has 4 N–H and O–H groups in total. The number of aliphatic imine (C=N–C) groups is 2. The summed E-state index contributed by atoms with van der Waals surface area (Å²) < 4.78 is 0. The molecule has 6 heteroatoms. The lowest BCUT2D eigenvalue weighted by atomic mass is 10.4. The lowest BCUT2D eigenvalue weighted by molar-refractivity contribution is -0.107. The van der Waals surface area contributed by atoms with Gasteiger partial charge in [-0.1, -0.05) is 0 Å². The van der Waals surface area contributed by atoms with Crippen molar-refractivity contribution >= 4 is 30.2 Å². The highest BCUT2D eigenvalue weighted by atomic mass is 35.5. The first-order chi connectivity index (χ1) is 4.20. The molecule has 1 aliphatic rings. The van der Waals surface area contributed by atoms with Gasteiger partial charge in [0.05, 0.1) is 6.21 Å². The average molecular weight is 163 g/mol. The number of nitrogens with zero attached hydrogens (tertiary/aromatic N) is 2. The van der Waals surface area contributed by atoms with Crippen LogP contribution < -0.4 is 11.5 Å². The van der Waals surface area contributed by atoms with Crippen LogP contribution >= 0.6 is 12.4 Å². The molecule has 0 saturated heterocycles. The summed E-state index contributed by atoms with van der Waals surface area (Å²) in [7, 11) is 0. The Labute approximate surface area is 63.6 Å². The molecular formula is C4H7ClN4O. The minimum atomic E-state index is -0.692. The van der Waals surface area contributed by atoms with Crippen molar-refractivity contribution in [3.63, 3.8) is 0 Å². The number of nitrogens with two attached hydrogens (primary N) is 2. The Morgan fingerprint density at radius 3 is 2.60 bits per heavy atom. The third-order valence-corrected chi connectivity index (χ3v) is 0.868. The fraction of sp³-hybridized carbons (Fsp3) is 0.250. The third-order valence-electron chi connectivity index (χ3n) is 0.868. The first kappa shape index (κ1) is 9.06. The molecule has 56 valence electrons. The van der Waals surface area contributed by atoms with Gasteiger partial charge in [0.15, 0.2) is 12.1 Å². The van der Waals surface area contributed by atoms with E-state index in [4.69, 9.17) is 11.5 Å². The Bertz CT molecular complexity index is 199. The van der Waals surface area contributed by atoms with E-state index in [-0.39, 0.29) is 24.0 Å². The number of ketones is 1. The molecule has 0 aromatic rings. The standard InChI is InChI=1S/C4H6N4O.ClH/c5-3-2(9)1-7-4(6)8-3;/h1,4H,6H2,(H2,5,8);1H. The van der Waals surface area contributed by atoms with Gasteiger partial charge in [0, 0.05) is 0 Å². The first-order valence-corrected chi connectivity index (χ1v) is 2.36. The smallest absolute Gasteiger partial charge is 0.238 e. The predicted octanol–water partition coefficient (Wildman–Crippen LogP) is -1.34. The van der Waals surface area contributed by atoms with E-state index < -0.39 is 6.29 Å². The summed E-state index contributed by atoms with van der Waals surface area (Å²) in [5, 5.41) is 0. The van der Waals surface area contributed by atoms with Crippen LogP contribution in [0, 0.1) is 0 Å². The minimum absolute atomic E-state index is 0. The Balaban J connectivity index is 0.000000810.